The van der Waals surface area contributed by atoms with Crippen molar-refractivity contribution in [1.82, 2.24) is 10.0 Å². The number of hydrogen-bond acceptors (Lipinski definition) is 4. The van der Waals surface area contributed by atoms with E-state index in [1.54, 1.807) is 26.0 Å². The van der Waals surface area contributed by atoms with Gasteiger partial charge in [-0.25, -0.2) is 24.0 Å². The molecule has 1 aromatic rings. The summed E-state index contributed by atoms with van der Waals surface area (Å²) >= 11 is 0. The van der Waals surface area contributed by atoms with E-state index >= 15 is 0 Å². The van der Waals surface area contributed by atoms with Crippen molar-refractivity contribution in [2.24, 2.45) is 0 Å². The second kappa shape index (κ2) is 6.96. The number of hydrogen-bond donors (Lipinski definition) is 0. The zero-order chi connectivity index (χ0) is 18.0. The van der Waals surface area contributed by atoms with Crippen LogP contribution in [0.3, 0.4) is 0 Å². The van der Waals surface area contributed by atoms with E-state index in [4.69, 9.17) is 9.47 Å². The van der Waals surface area contributed by atoms with E-state index in [0.29, 0.717) is 0 Å². The van der Waals surface area contributed by atoms with E-state index in [-0.39, 0.29) is 19.0 Å². The summed E-state index contributed by atoms with van der Waals surface area (Å²) in [5.41, 5.74) is 1.61. The molecule has 0 radical (unpaired) electrons. The normalized spacial score (nSPS) is 22.6. The molecular formula is C18H19FN2O4. The van der Waals surface area contributed by atoms with Crippen molar-refractivity contribution in [1.29, 1.82) is 0 Å². The molecule has 1 aromatic carbocycles. The molecule has 6 nitrogen and oxygen atoms in total. The van der Waals surface area contributed by atoms with Crippen molar-refractivity contribution < 1.29 is 23.5 Å². The SMILES string of the molecule is CCOC(=O)N1[C@@H]2C=C[C@@H](C2=Cc2ccc(F)cc2)N1C(=O)OCC. The van der Waals surface area contributed by atoms with Gasteiger partial charge in [-0.15, -0.1) is 0 Å². The van der Waals surface area contributed by atoms with E-state index in [0.717, 1.165) is 11.1 Å². The molecule has 1 aliphatic heterocycles. The molecule has 2 bridgehead atoms. The van der Waals surface area contributed by atoms with Gasteiger partial charge in [-0.05, 0) is 37.1 Å². The number of halogens is 1. The first-order valence-corrected chi connectivity index (χ1v) is 8.14. The fourth-order valence-electron chi connectivity index (χ4n) is 3.03. The summed E-state index contributed by atoms with van der Waals surface area (Å²) in [5.74, 6) is -0.323. The molecule has 1 heterocycles. The number of fused-ring (bicyclic) bond motifs is 2. The van der Waals surface area contributed by atoms with Crippen LogP contribution in [-0.4, -0.2) is 47.5 Å². The first-order valence-electron chi connectivity index (χ1n) is 8.14. The lowest BCUT2D eigenvalue weighted by atomic mass is 10.0. The van der Waals surface area contributed by atoms with E-state index in [9.17, 15) is 14.0 Å². The minimum Gasteiger partial charge on any atom is -0.448 e. The van der Waals surface area contributed by atoms with Crippen LogP contribution in [0.2, 0.25) is 0 Å². The van der Waals surface area contributed by atoms with E-state index in [1.165, 1.54) is 22.2 Å². The maximum Gasteiger partial charge on any atom is 0.429 e. The number of hydrazine groups is 1. The summed E-state index contributed by atoms with van der Waals surface area (Å²) in [4.78, 5) is 24.7. The van der Waals surface area contributed by atoms with Gasteiger partial charge in [0.05, 0.1) is 25.3 Å². The van der Waals surface area contributed by atoms with Crippen molar-refractivity contribution in [2.45, 2.75) is 25.9 Å². The van der Waals surface area contributed by atoms with Crippen LogP contribution in [0.5, 0.6) is 0 Å². The molecule has 1 aliphatic carbocycles. The minimum absolute atomic E-state index is 0.199. The molecule has 0 spiro atoms. The Balaban J connectivity index is 1.96. The smallest absolute Gasteiger partial charge is 0.429 e. The highest BCUT2D eigenvalue weighted by molar-refractivity contribution is 5.80. The monoisotopic (exact) mass is 346 g/mol. The lowest BCUT2D eigenvalue weighted by molar-refractivity contribution is -0.0130. The number of nitrogens with zero attached hydrogens (tertiary/aromatic N) is 2. The van der Waals surface area contributed by atoms with Crippen LogP contribution in [0.25, 0.3) is 6.08 Å². The molecule has 0 N–H and O–H groups in total. The molecular weight excluding hydrogens is 327 g/mol. The van der Waals surface area contributed by atoms with Crippen LogP contribution >= 0.6 is 0 Å². The summed E-state index contributed by atoms with van der Waals surface area (Å²) in [6.07, 6.45) is 4.30. The predicted molar refractivity (Wildman–Crippen MR) is 88.8 cm³/mol. The maximum absolute atomic E-state index is 13.1. The Morgan fingerprint density at radius 2 is 1.48 bits per heavy atom. The third kappa shape index (κ3) is 3.09. The second-order valence-electron chi connectivity index (χ2n) is 5.56. The highest BCUT2D eigenvalue weighted by atomic mass is 19.1. The highest BCUT2D eigenvalue weighted by Crippen LogP contribution is 2.39. The minimum atomic E-state index is -0.614. The fraction of sp³-hybridized carbons (Fsp3) is 0.333. The Morgan fingerprint density at radius 3 is 1.92 bits per heavy atom. The van der Waals surface area contributed by atoms with Gasteiger partial charge in [-0.1, -0.05) is 30.4 Å². The molecule has 0 unspecified atom stereocenters. The van der Waals surface area contributed by atoms with Crippen molar-refractivity contribution in [3.05, 3.63) is 53.4 Å². The molecule has 2 amide bonds. The second-order valence-corrected chi connectivity index (χ2v) is 5.56. The van der Waals surface area contributed by atoms with E-state index in [1.807, 2.05) is 18.2 Å². The average molecular weight is 346 g/mol. The van der Waals surface area contributed by atoms with Crippen molar-refractivity contribution >= 4 is 18.3 Å². The Kier molecular flexibility index (Phi) is 4.74. The summed E-state index contributed by atoms with van der Waals surface area (Å²) in [6.45, 7) is 3.80. The number of ether oxygens (including phenoxy) is 2. The van der Waals surface area contributed by atoms with Gasteiger partial charge in [-0.3, -0.25) is 0 Å². The lowest BCUT2D eigenvalue weighted by Crippen LogP contribution is -2.52. The Morgan fingerprint density at radius 1 is 1.00 bits per heavy atom. The molecule has 1 fully saturated rings. The summed E-state index contributed by atoms with van der Waals surface area (Å²) in [6, 6.07) is 5.15. The number of amides is 2. The van der Waals surface area contributed by atoms with Gasteiger partial charge in [-0.2, -0.15) is 0 Å². The maximum atomic E-state index is 13.1. The molecule has 0 aromatic heterocycles. The first kappa shape index (κ1) is 17.0. The van der Waals surface area contributed by atoms with Crippen molar-refractivity contribution in [3.63, 3.8) is 0 Å². The average Bonchev–Trinajstić information content (AvgIpc) is 3.12. The van der Waals surface area contributed by atoms with Crippen molar-refractivity contribution in [2.75, 3.05) is 13.2 Å². The first-order chi connectivity index (χ1) is 12.1. The van der Waals surface area contributed by atoms with Gasteiger partial charge in [0.15, 0.2) is 0 Å². The van der Waals surface area contributed by atoms with Gasteiger partial charge in [0.2, 0.25) is 0 Å². The van der Waals surface area contributed by atoms with Crippen LogP contribution in [0, 0.1) is 5.82 Å². The third-order valence-electron chi connectivity index (χ3n) is 4.03. The predicted octanol–water partition coefficient (Wildman–Crippen LogP) is 3.36. The van der Waals surface area contributed by atoms with Gasteiger partial charge >= 0.3 is 12.2 Å². The van der Waals surface area contributed by atoms with Crippen LogP contribution in [-0.2, 0) is 9.47 Å². The topological polar surface area (TPSA) is 59.1 Å². The van der Waals surface area contributed by atoms with Gasteiger partial charge in [0, 0.05) is 0 Å². The summed E-state index contributed by atoms with van der Waals surface area (Å²) in [5, 5.41) is 2.53. The Bertz CT molecular complexity index is 693. The summed E-state index contributed by atoms with van der Waals surface area (Å²) < 4.78 is 23.3. The van der Waals surface area contributed by atoms with Gasteiger partial charge < -0.3 is 9.47 Å². The van der Waals surface area contributed by atoms with Gasteiger partial charge in [0.1, 0.15) is 5.82 Å². The van der Waals surface area contributed by atoms with Crippen LogP contribution < -0.4 is 0 Å². The molecule has 7 heteroatoms. The largest absolute Gasteiger partial charge is 0.448 e. The van der Waals surface area contributed by atoms with Crippen molar-refractivity contribution in [3.8, 4) is 0 Å². The number of carbonyl (C=O) groups excluding carboxylic acids is 2. The zero-order valence-electron chi connectivity index (χ0n) is 14.0. The van der Waals surface area contributed by atoms with E-state index < -0.39 is 24.3 Å². The molecule has 1 saturated heterocycles. The van der Waals surface area contributed by atoms with Crippen LogP contribution in [0.1, 0.15) is 19.4 Å². The molecule has 2 atom stereocenters. The molecule has 132 valence electrons. The standard InChI is InChI=1S/C18H19FN2O4/c1-3-24-17(22)20-15-9-10-16(21(20)18(23)25-4-2)14(15)11-12-5-7-13(19)8-6-12/h5-11,15-16H,3-4H2,1-2H3/t15-,16+. The van der Waals surface area contributed by atoms with Crippen LogP contribution in [0.4, 0.5) is 14.0 Å². The fourth-order valence-corrected chi connectivity index (χ4v) is 3.03. The van der Waals surface area contributed by atoms with Crippen LogP contribution in [0.15, 0.2) is 42.0 Å². The number of carbonyl (C=O) groups is 2. The van der Waals surface area contributed by atoms with E-state index in [2.05, 4.69) is 0 Å². The molecule has 3 rings (SSSR count). The number of benzene rings is 1. The molecule has 2 aliphatic rings. The third-order valence-corrected chi connectivity index (χ3v) is 4.03. The summed E-state index contributed by atoms with van der Waals surface area (Å²) in [7, 11) is 0. The quantitative estimate of drug-likeness (QED) is 0.788. The Labute approximate surface area is 145 Å². The number of rotatable bonds is 3. The lowest BCUT2D eigenvalue weighted by Gasteiger charge is -2.32. The van der Waals surface area contributed by atoms with Gasteiger partial charge in [0.25, 0.3) is 0 Å². The highest BCUT2D eigenvalue weighted by Gasteiger charge is 2.51. The Hall–Kier alpha value is -2.83. The zero-order valence-corrected chi connectivity index (χ0v) is 14.0. The molecule has 25 heavy (non-hydrogen) atoms. The molecule has 0 saturated carbocycles.